The van der Waals surface area contributed by atoms with Gasteiger partial charge in [-0.2, -0.15) is 0 Å². The van der Waals surface area contributed by atoms with Crippen molar-refractivity contribution in [2.45, 2.75) is 39.8 Å². The van der Waals surface area contributed by atoms with Gasteiger partial charge in [0, 0.05) is 25.2 Å². The molecule has 0 radical (unpaired) electrons. The molecule has 2 amide bonds. The van der Waals surface area contributed by atoms with Crippen molar-refractivity contribution in [3.63, 3.8) is 0 Å². The number of benzene rings is 1. The van der Waals surface area contributed by atoms with Crippen molar-refractivity contribution >= 4 is 6.03 Å². The number of aliphatic hydroxyl groups is 1. The quantitative estimate of drug-likeness (QED) is 0.877. The minimum Gasteiger partial charge on any atom is -0.493 e. The topological polar surface area (TPSA) is 61.8 Å². The summed E-state index contributed by atoms with van der Waals surface area (Å²) in [5.74, 6) is 1.52. The number of hydrogen-bond donors (Lipinski definition) is 2. The third kappa shape index (κ3) is 5.13. The minimum atomic E-state index is -0.434. The zero-order valence-corrected chi connectivity index (χ0v) is 14.3. The van der Waals surface area contributed by atoms with Crippen molar-refractivity contribution in [2.24, 2.45) is 11.8 Å². The van der Waals surface area contributed by atoms with Crippen LogP contribution in [0.25, 0.3) is 0 Å². The van der Waals surface area contributed by atoms with Gasteiger partial charge in [-0.05, 0) is 24.3 Å². The molecule has 1 aliphatic heterocycles. The molecule has 0 spiro atoms. The lowest BCUT2D eigenvalue weighted by Gasteiger charge is -2.34. The smallest absolute Gasteiger partial charge is 0.317 e. The number of carbonyl (C=O) groups is 1. The van der Waals surface area contributed by atoms with E-state index in [0.717, 1.165) is 17.7 Å². The van der Waals surface area contributed by atoms with Crippen molar-refractivity contribution in [1.82, 2.24) is 10.2 Å². The van der Waals surface area contributed by atoms with Crippen molar-refractivity contribution in [2.75, 3.05) is 19.7 Å². The molecule has 1 aromatic carbocycles. The van der Waals surface area contributed by atoms with Crippen LogP contribution in [0.5, 0.6) is 5.75 Å². The highest BCUT2D eigenvalue weighted by Crippen LogP contribution is 2.20. The Hall–Kier alpha value is -1.75. The lowest BCUT2D eigenvalue weighted by Crippen LogP contribution is -2.49. The number of nitrogens with one attached hydrogen (secondary N) is 1. The van der Waals surface area contributed by atoms with Crippen LogP contribution in [0.3, 0.4) is 0 Å². The monoisotopic (exact) mass is 320 g/mol. The van der Waals surface area contributed by atoms with E-state index in [2.05, 4.69) is 19.2 Å². The average molecular weight is 320 g/mol. The number of piperidine rings is 1. The van der Waals surface area contributed by atoms with E-state index < -0.39 is 6.10 Å². The van der Waals surface area contributed by atoms with Gasteiger partial charge in [0.2, 0.25) is 0 Å². The van der Waals surface area contributed by atoms with E-state index in [0.29, 0.717) is 32.2 Å². The second kappa shape index (κ2) is 8.20. The Balaban J connectivity index is 1.89. The molecule has 1 aliphatic rings. The molecule has 1 saturated heterocycles. The van der Waals surface area contributed by atoms with Crippen LogP contribution in [0, 0.1) is 11.8 Å². The fourth-order valence-electron chi connectivity index (χ4n) is 2.56. The zero-order valence-electron chi connectivity index (χ0n) is 14.3. The van der Waals surface area contributed by atoms with E-state index in [1.807, 2.05) is 31.2 Å². The van der Waals surface area contributed by atoms with Crippen LogP contribution in [0.4, 0.5) is 4.79 Å². The van der Waals surface area contributed by atoms with Gasteiger partial charge in [-0.1, -0.05) is 39.0 Å². The second-order valence-corrected chi connectivity index (χ2v) is 6.75. The second-order valence-electron chi connectivity index (χ2n) is 6.75. The average Bonchev–Trinajstić information content (AvgIpc) is 2.53. The van der Waals surface area contributed by atoms with Crippen LogP contribution in [0.1, 0.15) is 32.8 Å². The zero-order chi connectivity index (χ0) is 16.8. The van der Waals surface area contributed by atoms with Gasteiger partial charge >= 0.3 is 6.03 Å². The van der Waals surface area contributed by atoms with E-state index in [1.165, 1.54) is 0 Å². The molecular formula is C18H28N2O3. The molecule has 2 rings (SSSR count). The molecule has 5 nitrogen and oxygen atoms in total. The first-order valence-corrected chi connectivity index (χ1v) is 8.39. The number of nitrogens with zero attached hydrogens (tertiary/aromatic N) is 1. The Morgan fingerprint density at radius 3 is 2.87 bits per heavy atom. The van der Waals surface area contributed by atoms with Gasteiger partial charge in [-0.15, -0.1) is 0 Å². The van der Waals surface area contributed by atoms with E-state index >= 15 is 0 Å². The van der Waals surface area contributed by atoms with Crippen LogP contribution in [-0.4, -0.2) is 41.8 Å². The lowest BCUT2D eigenvalue weighted by molar-refractivity contribution is 0.0435. The summed E-state index contributed by atoms with van der Waals surface area (Å²) in [7, 11) is 0. The largest absolute Gasteiger partial charge is 0.493 e. The summed E-state index contributed by atoms with van der Waals surface area (Å²) in [6.07, 6.45) is 0.402. The summed E-state index contributed by atoms with van der Waals surface area (Å²) in [4.78, 5) is 13.9. The highest BCUT2D eigenvalue weighted by atomic mass is 16.5. The van der Waals surface area contributed by atoms with E-state index in [1.54, 1.807) is 4.90 Å². The Bertz CT molecular complexity index is 519. The molecule has 1 fully saturated rings. The number of para-hydroxylation sites is 1. The third-order valence-corrected chi connectivity index (χ3v) is 4.18. The first-order valence-electron chi connectivity index (χ1n) is 8.39. The van der Waals surface area contributed by atoms with Crippen molar-refractivity contribution in [3.8, 4) is 5.75 Å². The highest BCUT2D eigenvalue weighted by Gasteiger charge is 2.27. The molecular weight excluding hydrogens is 292 g/mol. The first-order chi connectivity index (χ1) is 11.0. The molecule has 0 aromatic heterocycles. The summed E-state index contributed by atoms with van der Waals surface area (Å²) >= 11 is 0. The summed E-state index contributed by atoms with van der Waals surface area (Å²) < 4.78 is 5.80. The standard InChI is InChI=1S/C18H28N2O3/c1-13(2)12-23-17-7-5-4-6-15(17)10-19-18(22)20-9-8-14(3)16(21)11-20/h4-7,13-14,16,21H,8-12H2,1-3H3,(H,19,22). The molecule has 2 atom stereocenters. The molecule has 128 valence electrons. The summed E-state index contributed by atoms with van der Waals surface area (Å²) in [5.41, 5.74) is 0.965. The molecule has 0 aliphatic carbocycles. The van der Waals surface area contributed by atoms with Gasteiger partial charge in [-0.25, -0.2) is 4.79 Å². The van der Waals surface area contributed by atoms with Gasteiger partial charge in [0.05, 0.1) is 12.7 Å². The van der Waals surface area contributed by atoms with Crippen molar-refractivity contribution in [3.05, 3.63) is 29.8 Å². The molecule has 0 saturated carbocycles. The maximum Gasteiger partial charge on any atom is 0.317 e. The van der Waals surface area contributed by atoms with Crippen molar-refractivity contribution in [1.29, 1.82) is 0 Å². The van der Waals surface area contributed by atoms with E-state index in [9.17, 15) is 9.90 Å². The predicted octanol–water partition coefficient (Wildman–Crippen LogP) is 2.63. The number of amides is 2. The van der Waals surface area contributed by atoms with Crippen LogP contribution < -0.4 is 10.1 Å². The molecule has 1 aromatic rings. The summed E-state index contributed by atoms with van der Waals surface area (Å²) in [5, 5.41) is 12.8. The van der Waals surface area contributed by atoms with Gasteiger partial charge in [-0.3, -0.25) is 0 Å². The molecule has 5 heteroatoms. The Kier molecular flexibility index (Phi) is 6.28. The molecule has 2 N–H and O–H groups in total. The summed E-state index contributed by atoms with van der Waals surface area (Å²) in [6.45, 7) is 8.40. The van der Waals surface area contributed by atoms with Crippen LogP contribution in [0.2, 0.25) is 0 Å². The molecule has 2 unspecified atom stereocenters. The van der Waals surface area contributed by atoms with Crippen LogP contribution >= 0.6 is 0 Å². The molecule has 23 heavy (non-hydrogen) atoms. The lowest BCUT2D eigenvalue weighted by atomic mass is 9.96. The fourth-order valence-corrected chi connectivity index (χ4v) is 2.56. The highest BCUT2D eigenvalue weighted by molar-refractivity contribution is 5.74. The number of likely N-dealkylation sites (tertiary alicyclic amines) is 1. The maximum atomic E-state index is 12.3. The van der Waals surface area contributed by atoms with Crippen molar-refractivity contribution < 1.29 is 14.6 Å². The fraction of sp³-hybridized carbons (Fsp3) is 0.611. The van der Waals surface area contributed by atoms with Gasteiger partial charge in [0.25, 0.3) is 0 Å². The van der Waals surface area contributed by atoms with E-state index in [4.69, 9.17) is 4.74 Å². The Labute approximate surface area is 138 Å². The number of carbonyl (C=O) groups excluding carboxylic acids is 1. The van der Waals surface area contributed by atoms with Gasteiger partial charge in [0.1, 0.15) is 5.75 Å². The normalized spacial score (nSPS) is 21.3. The summed E-state index contributed by atoms with van der Waals surface area (Å²) in [6, 6.07) is 7.63. The van der Waals surface area contributed by atoms with E-state index in [-0.39, 0.29) is 11.9 Å². The van der Waals surface area contributed by atoms with Gasteiger partial charge < -0.3 is 20.1 Å². The van der Waals surface area contributed by atoms with Crippen LogP contribution in [0.15, 0.2) is 24.3 Å². The number of urea groups is 1. The molecule has 1 heterocycles. The van der Waals surface area contributed by atoms with Gasteiger partial charge in [0.15, 0.2) is 0 Å². The number of β-amino-alcohol motifs (C(OH)–C–C–N with tert-alkyl or cyclic N) is 1. The Morgan fingerprint density at radius 1 is 1.43 bits per heavy atom. The van der Waals surface area contributed by atoms with Crippen LogP contribution in [-0.2, 0) is 6.54 Å². The maximum absolute atomic E-state index is 12.3. The SMILES string of the molecule is CC(C)COc1ccccc1CNC(=O)N1CCC(C)C(O)C1. The number of aliphatic hydroxyl groups excluding tert-OH is 1. The third-order valence-electron chi connectivity index (χ3n) is 4.18. The Morgan fingerprint density at radius 2 is 2.17 bits per heavy atom. The first kappa shape index (κ1) is 17.6. The predicted molar refractivity (Wildman–Crippen MR) is 90.4 cm³/mol. The minimum absolute atomic E-state index is 0.130. The number of hydrogen-bond acceptors (Lipinski definition) is 3. The molecule has 0 bridgehead atoms. The number of rotatable bonds is 5. The number of ether oxygens (including phenoxy) is 1.